The zero-order valence-electron chi connectivity index (χ0n) is 55.1. The summed E-state index contributed by atoms with van der Waals surface area (Å²) in [6.45, 7) is 65.1. The van der Waals surface area contributed by atoms with E-state index in [9.17, 15) is 0 Å². The highest BCUT2D eigenvalue weighted by Gasteiger charge is 2.70. The number of aromatic nitrogens is 4. The highest BCUT2D eigenvalue weighted by atomic mass is 15.5. The van der Waals surface area contributed by atoms with Gasteiger partial charge in [0.15, 0.2) is 0 Å². The third-order valence-corrected chi connectivity index (χ3v) is 25.0. The predicted octanol–water partition coefficient (Wildman–Crippen LogP) is 16.1. The Labute approximate surface area is 481 Å². The molecule has 14 unspecified atom stereocenters. The Bertz CT molecular complexity index is 2920. The Morgan fingerprint density at radius 2 is 0.924 bits per heavy atom. The molecule has 8 aliphatic rings. The second kappa shape index (κ2) is 19.7. The van der Waals surface area contributed by atoms with E-state index < -0.39 is 0 Å². The van der Waals surface area contributed by atoms with Crippen LogP contribution in [0, 0.1) is 122 Å². The molecule has 0 spiro atoms. The van der Waals surface area contributed by atoms with Crippen LogP contribution in [0.3, 0.4) is 0 Å². The van der Waals surface area contributed by atoms with Gasteiger partial charge in [0.05, 0.1) is 57.2 Å². The Morgan fingerprint density at radius 3 is 1.30 bits per heavy atom. The lowest BCUT2D eigenvalue weighted by molar-refractivity contribution is 0.132. The van der Waals surface area contributed by atoms with Crippen LogP contribution in [0.15, 0.2) is 24.3 Å². The molecule has 3 aliphatic carbocycles. The van der Waals surface area contributed by atoms with Crippen LogP contribution in [0.4, 0.5) is 22.7 Å². The van der Waals surface area contributed by atoms with E-state index >= 15 is 0 Å². The second-order valence-electron chi connectivity index (χ2n) is 30.0. The molecule has 5 saturated heterocycles. The van der Waals surface area contributed by atoms with Crippen molar-refractivity contribution in [3.8, 4) is 0 Å². The van der Waals surface area contributed by atoms with Crippen molar-refractivity contribution >= 4 is 22.7 Å². The summed E-state index contributed by atoms with van der Waals surface area (Å²) in [6, 6.07) is 11.4. The van der Waals surface area contributed by atoms with Gasteiger partial charge < -0.3 is 19.6 Å². The van der Waals surface area contributed by atoms with Crippen LogP contribution in [0.5, 0.6) is 0 Å². The molecule has 3 saturated carbocycles. The maximum atomic E-state index is 4.76. The minimum Gasteiger partial charge on any atom is -0.363 e. The molecule has 0 N–H and O–H groups in total. The van der Waals surface area contributed by atoms with Gasteiger partial charge in [-0.2, -0.15) is 0 Å². The Kier molecular flexibility index (Phi) is 14.8. The lowest BCUT2D eigenvalue weighted by Gasteiger charge is -2.51. The Morgan fingerprint density at radius 1 is 0.481 bits per heavy atom. The van der Waals surface area contributed by atoms with E-state index in [1.165, 1.54) is 119 Å². The smallest absolute Gasteiger partial charge is 0.0799 e. The fourth-order valence-corrected chi connectivity index (χ4v) is 19.9. The molecule has 79 heavy (non-hydrogen) atoms. The van der Waals surface area contributed by atoms with Gasteiger partial charge in [0.25, 0.3) is 0 Å². The molecule has 8 bridgehead atoms. The molecule has 0 amide bonds. The van der Waals surface area contributed by atoms with Gasteiger partial charge in [0.2, 0.25) is 0 Å². The number of fused-ring (bicyclic) bond motifs is 8. The first-order chi connectivity index (χ1) is 36.4. The molecule has 9 heterocycles. The van der Waals surface area contributed by atoms with Gasteiger partial charge in [0, 0.05) is 71.1 Å². The van der Waals surface area contributed by atoms with Crippen LogP contribution >= 0.6 is 0 Å². The van der Waals surface area contributed by atoms with Crippen molar-refractivity contribution in [1.82, 2.24) is 24.8 Å². The van der Waals surface area contributed by atoms with Gasteiger partial charge in [-0.1, -0.05) is 55.4 Å². The van der Waals surface area contributed by atoms with Crippen LogP contribution in [0.1, 0.15) is 210 Å². The Balaban J connectivity index is 0.000000128. The number of hydrogen-bond donors (Lipinski definition) is 0. The van der Waals surface area contributed by atoms with Crippen molar-refractivity contribution in [2.75, 3.05) is 32.7 Å². The van der Waals surface area contributed by atoms with Crippen LogP contribution < -0.4 is 19.6 Å². The molecular weight excluding hydrogens is 967 g/mol. The fourth-order valence-electron chi connectivity index (χ4n) is 19.9. The number of rotatable bonds is 4. The zero-order valence-corrected chi connectivity index (χ0v) is 55.1. The van der Waals surface area contributed by atoms with E-state index in [1.807, 2.05) is 0 Å². The van der Waals surface area contributed by atoms with E-state index in [0.29, 0.717) is 57.5 Å². The summed E-state index contributed by atoms with van der Waals surface area (Å²) in [4.78, 5) is 32.2. The number of aryl methyl sites for hydroxylation is 12. The predicted molar refractivity (Wildman–Crippen MR) is 335 cm³/mol. The van der Waals surface area contributed by atoms with Gasteiger partial charge in [-0.15, -0.1) is 0 Å². The average molecular weight is 1080 g/mol. The highest BCUT2D eigenvalue weighted by Crippen LogP contribution is 2.70. The molecule has 9 nitrogen and oxygen atoms in total. The molecule has 4 aromatic rings. The molecule has 0 aromatic carbocycles. The standard InChI is InChI=1S/2C19H30N2.C17H26N2.C15H23N3/c1-11-9-12(2)20-15(5)17(11)21-16(6)18(7)10-19(21,8)14(4)13(18)3;1-12-11-13(2)20-14(3)16(12)21-15(4)18(7)9-10-19(21,8)17(18,5)6;1-10-9-11(2)18-12(3)16(10)19-13(4)14-7-8-15(19)17(14,5)6;1-10-8-11(2)16-12(3)14(10)18-13(4)17-7-6-15(18,5)9-17/h9,13-14,16H,10H2,1-8H3;11,15H,9-10H2,1-8H3;9,13-15H,7-8H2,1-6H3;8,13H,6-7,9H2,1-5H3. The molecule has 0 radical (unpaired) electrons. The zero-order chi connectivity index (χ0) is 58.6. The average Bonchev–Trinajstić information content (AvgIpc) is 3.88. The normalized spacial score (nSPS) is 36.6. The Hall–Kier alpha value is -4.24. The summed E-state index contributed by atoms with van der Waals surface area (Å²) in [5.74, 6) is 2.34. The topological polar surface area (TPSA) is 67.8 Å². The maximum absolute atomic E-state index is 4.76. The van der Waals surface area contributed by atoms with Crippen molar-refractivity contribution in [2.24, 2.45) is 39.4 Å². The summed E-state index contributed by atoms with van der Waals surface area (Å²) in [5, 5.41) is 0. The van der Waals surface area contributed by atoms with E-state index in [0.717, 1.165) is 40.5 Å². The molecule has 434 valence electrons. The minimum absolute atomic E-state index is 0.230. The molecule has 5 aliphatic heterocycles. The number of piperidine rings is 3. The minimum atomic E-state index is 0.230. The maximum Gasteiger partial charge on any atom is 0.0799 e. The summed E-state index contributed by atoms with van der Waals surface area (Å²) >= 11 is 0. The van der Waals surface area contributed by atoms with Gasteiger partial charge in [0.1, 0.15) is 0 Å². The van der Waals surface area contributed by atoms with E-state index in [-0.39, 0.29) is 11.1 Å². The van der Waals surface area contributed by atoms with Gasteiger partial charge in [-0.05, 0) is 256 Å². The van der Waals surface area contributed by atoms with Gasteiger partial charge in [-0.3, -0.25) is 24.8 Å². The molecule has 14 atom stereocenters. The quantitative estimate of drug-likeness (QED) is 0.199. The van der Waals surface area contributed by atoms with Gasteiger partial charge in [-0.25, -0.2) is 0 Å². The number of nitrogens with zero attached hydrogens (tertiary/aromatic N) is 9. The summed E-state index contributed by atoms with van der Waals surface area (Å²) in [5.41, 5.74) is 22.7. The lowest BCUT2D eigenvalue weighted by atomic mass is 9.65. The number of pyridine rings is 4. The highest BCUT2D eigenvalue weighted by molar-refractivity contribution is 5.65. The van der Waals surface area contributed by atoms with Crippen molar-refractivity contribution in [3.05, 3.63) is 92.1 Å². The summed E-state index contributed by atoms with van der Waals surface area (Å²) in [7, 11) is 0. The number of hydrogen-bond acceptors (Lipinski definition) is 9. The SMILES string of the molecule is Cc1cc(C)c(N2C(C)C3(C)CC2(C)C(C)C3C)c(C)n1.Cc1cc(C)c(N2C(C)C3(C)CCC2(C)C3(C)C)c(C)n1.Cc1cc(C)c(N2C(C)C3CCC2C3(C)C)c(C)n1.Cc1cc(C)c(N2C(C)N3CCC2(C)C3)c(C)n1. The molecule has 8 fully saturated rings. The number of anilines is 4. The van der Waals surface area contributed by atoms with Crippen LogP contribution in [0.2, 0.25) is 0 Å². The molecule has 9 heteroatoms. The first-order valence-electron chi connectivity index (χ1n) is 31.1. The van der Waals surface area contributed by atoms with Crippen molar-refractivity contribution < 1.29 is 0 Å². The fraction of sp³-hybridized carbons (Fsp3) is 0.714. The second-order valence-corrected chi connectivity index (χ2v) is 30.0. The van der Waals surface area contributed by atoms with Crippen LogP contribution in [-0.4, -0.2) is 84.9 Å². The first kappa shape index (κ1) is 59.4. The molecular formula is C70H109N9. The van der Waals surface area contributed by atoms with E-state index in [4.69, 9.17) is 15.0 Å². The summed E-state index contributed by atoms with van der Waals surface area (Å²) in [6.07, 6.45) is 8.44. The molecule has 12 rings (SSSR count). The lowest BCUT2D eigenvalue weighted by Crippen LogP contribution is -2.56. The van der Waals surface area contributed by atoms with Crippen LogP contribution in [0.25, 0.3) is 0 Å². The summed E-state index contributed by atoms with van der Waals surface area (Å²) < 4.78 is 0. The van der Waals surface area contributed by atoms with E-state index in [1.54, 1.807) is 0 Å². The van der Waals surface area contributed by atoms with Gasteiger partial charge >= 0.3 is 0 Å². The van der Waals surface area contributed by atoms with E-state index in [2.05, 4.69) is 241 Å². The van der Waals surface area contributed by atoms with Crippen LogP contribution in [-0.2, 0) is 0 Å². The van der Waals surface area contributed by atoms with Crippen molar-refractivity contribution in [2.45, 2.75) is 272 Å². The first-order valence-corrected chi connectivity index (χ1v) is 31.1. The molecule has 4 aromatic heterocycles. The monoisotopic (exact) mass is 1080 g/mol. The van der Waals surface area contributed by atoms with Crippen molar-refractivity contribution in [1.29, 1.82) is 0 Å². The largest absolute Gasteiger partial charge is 0.363 e. The van der Waals surface area contributed by atoms with Crippen molar-refractivity contribution in [3.63, 3.8) is 0 Å². The third kappa shape index (κ3) is 8.72. The third-order valence-electron chi connectivity index (χ3n) is 25.0.